The Morgan fingerprint density at radius 1 is 0.812 bits per heavy atom. The van der Waals surface area contributed by atoms with E-state index in [9.17, 15) is 19.2 Å². The lowest BCUT2D eigenvalue weighted by Crippen LogP contribution is -1.98. The molecular weight excluding hydrogens is 212 g/mol. The highest BCUT2D eigenvalue weighted by Crippen LogP contribution is 2.06. The smallest absolute Gasteiger partial charge is 0.266 e. The summed E-state index contributed by atoms with van der Waals surface area (Å²) in [5.74, 6) is -1.51. The van der Waals surface area contributed by atoms with E-state index in [0.717, 1.165) is 12.2 Å². The van der Waals surface area contributed by atoms with Gasteiger partial charge in [-0.25, -0.2) is 9.59 Å². The Morgan fingerprint density at radius 3 is 1.38 bits per heavy atom. The van der Waals surface area contributed by atoms with Crippen molar-refractivity contribution in [2.75, 3.05) is 0 Å². The van der Waals surface area contributed by atoms with Crippen molar-refractivity contribution in [3.8, 4) is 0 Å². The van der Waals surface area contributed by atoms with Crippen LogP contribution in [-0.2, 0) is 9.59 Å². The Bertz CT molecular complexity index is 471. The van der Waals surface area contributed by atoms with Crippen LogP contribution in [0.1, 0.15) is 20.7 Å². The number of rotatable bonds is 2. The molecule has 6 heteroatoms. The molecule has 0 saturated heterocycles. The molecule has 1 aromatic rings. The van der Waals surface area contributed by atoms with E-state index >= 15 is 0 Å². The SMILES string of the molecule is O=C=NC(=O)c1ccc(C(=O)N=C=O)cc1. The van der Waals surface area contributed by atoms with Crippen molar-refractivity contribution in [1.29, 1.82) is 0 Å². The van der Waals surface area contributed by atoms with E-state index in [-0.39, 0.29) is 11.1 Å². The standard InChI is InChI=1S/C10H4N2O4/c13-5-11-9(15)7-1-2-8(4-3-7)10(16)12-6-14/h1-4H. The summed E-state index contributed by atoms with van der Waals surface area (Å²) in [6.07, 6.45) is 2.22. The average molecular weight is 216 g/mol. The van der Waals surface area contributed by atoms with Gasteiger partial charge in [-0.15, -0.1) is 9.98 Å². The number of hydrogen-bond donors (Lipinski definition) is 0. The first-order valence-corrected chi connectivity index (χ1v) is 4.03. The van der Waals surface area contributed by atoms with Gasteiger partial charge in [-0.2, -0.15) is 0 Å². The van der Waals surface area contributed by atoms with Gasteiger partial charge >= 0.3 is 0 Å². The van der Waals surface area contributed by atoms with Crippen LogP contribution in [-0.4, -0.2) is 24.0 Å². The van der Waals surface area contributed by atoms with Crippen molar-refractivity contribution in [3.05, 3.63) is 35.4 Å². The molecule has 0 aliphatic rings. The summed E-state index contributed by atoms with van der Waals surface area (Å²) in [6, 6.07) is 5.15. The largest absolute Gasteiger partial charge is 0.287 e. The molecule has 0 fully saturated rings. The van der Waals surface area contributed by atoms with Crippen molar-refractivity contribution < 1.29 is 19.2 Å². The predicted octanol–water partition coefficient (Wildman–Crippen LogP) is 0.639. The van der Waals surface area contributed by atoms with E-state index < -0.39 is 11.8 Å². The lowest BCUT2D eigenvalue weighted by molar-refractivity contribution is 0.0991. The van der Waals surface area contributed by atoms with Crippen LogP contribution in [0, 0.1) is 0 Å². The average Bonchev–Trinajstić information content (AvgIpc) is 2.30. The van der Waals surface area contributed by atoms with Crippen molar-refractivity contribution in [2.24, 2.45) is 9.98 Å². The molecule has 78 valence electrons. The zero-order valence-electron chi connectivity index (χ0n) is 7.84. The molecule has 0 aliphatic carbocycles. The van der Waals surface area contributed by atoms with Crippen LogP contribution >= 0.6 is 0 Å². The van der Waals surface area contributed by atoms with E-state index in [4.69, 9.17) is 0 Å². The van der Waals surface area contributed by atoms with Gasteiger partial charge in [0, 0.05) is 11.1 Å². The molecule has 0 aliphatic heterocycles. The molecule has 2 amide bonds. The summed E-state index contributed by atoms with van der Waals surface area (Å²) in [7, 11) is 0. The number of amides is 2. The molecule has 0 radical (unpaired) electrons. The molecule has 0 N–H and O–H groups in total. The number of isocyanates is 2. The zero-order chi connectivity index (χ0) is 12.0. The molecular formula is C10H4N2O4. The number of aliphatic imine (C=N–C) groups is 2. The molecule has 0 atom stereocenters. The lowest BCUT2D eigenvalue weighted by Gasteiger charge is -1.95. The molecule has 0 saturated carbocycles. The first-order chi connectivity index (χ1) is 7.69. The quantitative estimate of drug-likeness (QED) is 0.535. The minimum atomic E-state index is -0.757. The monoisotopic (exact) mass is 216 g/mol. The molecule has 0 heterocycles. The Kier molecular flexibility index (Phi) is 3.75. The van der Waals surface area contributed by atoms with Crippen LogP contribution < -0.4 is 0 Å². The molecule has 16 heavy (non-hydrogen) atoms. The highest BCUT2D eigenvalue weighted by molar-refractivity contribution is 6.00. The highest BCUT2D eigenvalue weighted by Gasteiger charge is 2.07. The summed E-state index contributed by atoms with van der Waals surface area (Å²) in [4.78, 5) is 47.5. The minimum Gasteiger partial charge on any atom is -0.266 e. The third kappa shape index (κ3) is 2.65. The maximum atomic E-state index is 11.1. The number of carbonyl (C=O) groups excluding carboxylic acids is 4. The minimum absolute atomic E-state index is 0.134. The molecule has 0 unspecified atom stereocenters. The van der Waals surface area contributed by atoms with Crippen LogP contribution in [0.2, 0.25) is 0 Å². The summed E-state index contributed by atoms with van der Waals surface area (Å²) in [6.45, 7) is 0. The fourth-order valence-electron chi connectivity index (χ4n) is 0.967. The fraction of sp³-hybridized carbons (Fsp3) is 0. The molecule has 0 bridgehead atoms. The molecule has 6 nitrogen and oxygen atoms in total. The Balaban J connectivity index is 2.99. The van der Waals surface area contributed by atoms with E-state index in [1.807, 2.05) is 0 Å². The first kappa shape index (κ1) is 11.4. The molecule has 0 aromatic heterocycles. The van der Waals surface area contributed by atoms with E-state index in [1.165, 1.54) is 24.3 Å². The van der Waals surface area contributed by atoms with Gasteiger partial charge in [0.25, 0.3) is 11.8 Å². The Morgan fingerprint density at radius 2 is 1.12 bits per heavy atom. The van der Waals surface area contributed by atoms with Crippen LogP contribution in [0.15, 0.2) is 34.3 Å². The number of benzene rings is 1. The highest BCUT2D eigenvalue weighted by atomic mass is 16.2. The molecule has 1 rings (SSSR count). The summed E-state index contributed by atoms with van der Waals surface area (Å²) < 4.78 is 0. The second kappa shape index (κ2) is 5.26. The van der Waals surface area contributed by atoms with Gasteiger partial charge in [-0.1, -0.05) is 0 Å². The normalized spacial score (nSPS) is 8.50. The maximum Gasteiger partial charge on any atom is 0.287 e. The van der Waals surface area contributed by atoms with Crippen LogP contribution in [0.5, 0.6) is 0 Å². The van der Waals surface area contributed by atoms with Gasteiger partial charge in [0.2, 0.25) is 12.2 Å². The van der Waals surface area contributed by atoms with Crippen molar-refractivity contribution in [3.63, 3.8) is 0 Å². The van der Waals surface area contributed by atoms with E-state index in [0.29, 0.717) is 0 Å². The van der Waals surface area contributed by atoms with Crippen molar-refractivity contribution >= 4 is 24.0 Å². The van der Waals surface area contributed by atoms with Gasteiger partial charge in [0.05, 0.1) is 0 Å². The maximum absolute atomic E-state index is 11.1. The lowest BCUT2D eigenvalue weighted by atomic mass is 10.1. The van der Waals surface area contributed by atoms with Gasteiger partial charge in [0.1, 0.15) is 0 Å². The molecule has 1 aromatic carbocycles. The van der Waals surface area contributed by atoms with Crippen LogP contribution in [0.25, 0.3) is 0 Å². The first-order valence-electron chi connectivity index (χ1n) is 4.03. The van der Waals surface area contributed by atoms with E-state index in [2.05, 4.69) is 9.98 Å². The van der Waals surface area contributed by atoms with Gasteiger partial charge in [-0.3, -0.25) is 9.59 Å². The fourth-order valence-corrected chi connectivity index (χ4v) is 0.967. The predicted molar refractivity (Wildman–Crippen MR) is 51.3 cm³/mol. The molecule has 0 spiro atoms. The second-order valence-corrected chi connectivity index (χ2v) is 2.59. The van der Waals surface area contributed by atoms with Gasteiger partial charge in [-0.05, 0) is 24.3 Å². The Labute approximate surface area is 89.3 Å². The summed E-state index contributed by atoms with van der Waals surface area (Å²) in [5, 5.41) is 0. The van der Waals surface area contributed by atoms with E-state index in [1.54, 1.807) is 0 Å². The number of carbonyl (C=O) groups is 2. The summed E-state index contributed by atoms with van der Waals surface area (Å²) in [5.41, 5.74) is 0.268. The number of nitrogens with zero attached hydrogens (tertiary/aromatic N) is 2. The summed E-state index contributed by atoms with van der Waals surface area (Å²) >= 11 is 0. The van der Waals surface area contributed by atoms with Crippen molar-refractivity contribution in [1.82, 2.24) is 0 Å². The zero-order valence-corrected chi connectivity index (χ0v) is 7.84. The Hall–Kier alpha value is -2.68. The second-order valence-electron chi connectivity index (χ2n) is 2.59. The van der Waals surface area contributed by atoms with Gasteiger partial charge < -0.3 is 0 Å². The third-order valence-electron chi connectivity index (χ3n) is 1.67. The topological polar surface area (TPSA) is 93.0 Å². The van der Waals surface area contributed by atoms with Crippen LogP contribution in [0.3, 0.4) is 0 Å². The number of hydrogen-bond acceptors (Lipinski definition) is 4. The van der Waals surface area contributed by atoms with Crippen molar-refractivity contribution in [2.45, 2.75) is 0 Å². The third-order valence-corrected chi connectivity index (χ3v) is 1.67. The van der Waals surface area contributed by atoms with Crippen LogP contribution in [0.4, 0.5) is 0 Å². The van der Waals surface area contributed by atoms with Gasteiger partial charge in [0.15, 0.2) is 0 Å².